The Morgan fingerprint density at radius 2 is 2.16 bits per heavy atom. The first-order chi connectivity index (χ1) is 9.15. The van der Waals surface area contributed by atoms with E-state index in [1.807, 2.05) is 25.1 Å². The maximum atomic E-state index is 6.17. The predicted molar refractivity (Wildman–Crippen MR) is 76.5 cm³/mol. The summed E-state index contributed by atoms with van der Waals surface area (Å²) in [5, 5.41) is 0.690. The summed E-state index contributed by atoms with van der Waals surface area (Å²) in [6, 6.07) is 5.61. The summed E-state index contributed by atoms with van der Waals surface area (Å²) in [5.74, 6) is 1.47. The molecule has 1 aromatic heterocycles. The van der Waals surface area contributed by atoms with Gasteiger partial charge in [0.1, 0.15) is 11.6 Å². The molecule has 2 rings (SSSR count). The van der Waals surface area contributed by atoms with Crippen LogP contribution in [0, 0.1) is 6.92 Å². The average molecular weight is 278 g/mol. The van der Waals surface area contributed by atoms with Gasteiger partial charge in [-0.05, 0) is 37.2 Å². The van der Waals surface area contributed by atoms with E-state index in [2.05, 4.69) is 9.97 Å². The van der Waals surface area contributed by atoms with Crippen molar-refractivity contribution in [1.82, 2.24) is 9.97 Å². The topological polar surface area (TPSA) is 61.0 Å². The quantitative estimate of drug-likeness (QED) is 0.933. The number of hydrogen-bond donors (Lipinski definition) is 1. The van der Waals surface area contributed by atoms with Gasteiger partial charge in [-0.25, -0.2) is 9.97 Å². The van der Waals surface area contributed by atoms with Crippen LogP contribution < -0.4 is 10.5 Å². The fourth-order valence-electron chi connectivity index (χ4n) is 1.82. The zero-order valence-electron chi connectivity index (χ0n) is 11.0. The first kappa shape index (κ1) is 13.8. The normalized spacial score (nSPS) is 10.5. The molecule has 0 fully saturated rings. The smallest absolute Gasteiger partial charge is 0.130 e. The number of hydrogen-bond acceptors (Lipinski definition) is 4. The molecule has 2 N–H and O–H groups in total. The molecular formula is C14H16ClN3O. The molecule has 0 aliphatic heterocycles. The van der Waals surface area contributed by atoms with Crippen LogP contribution in [0.1, 0.15) is 11.4 Å². The van der Waals surface area contributed by atoms with Gasteiger partial charge >= 0.3 is 0 Å². The van der Waals surface area contributed by atoms with E-state index in [1.165, 1.54) is 0 Å². The minimum absolute atomic E-state index is 0.523. The molecule has 0 aliphatic rings. The number of ether oxygens (including phenoxy) is 1. The molecule has 0 saturated carbocycles. The number of rotatable bonds is 4. The zero-order chi connectivity index (χ0) is 13.8. The molecule has 100 valence electrons. The fourth-order valence-corrected chi connectivity index (χ4v) is 1.99. The number of methoxy groups -OCH3 is 1. The van der Waals surface area contributed by atoms with Gasteiger partial charge in [0, 0.05) is 23.2 Å². The van der Waals surface area contributed by atoms with Crippen molar-refractivity contribution in [2.75, 3.05) is 13.7 Å². The first-order valence-corrected chi connectivity index (χ1v) is 6.40. The van der Waals surface area contributed by atoms with Crippen molar-refractivity contribution in [3.8, 4) is 17.0 Å². The van der Waals surface area contributed by atoms with Gasteiger partial charge in [-0.1, -0.05) is 11.6 Å². The third kappa shape index (κ3) is 3.03. The van der Waals surface area contributed by atoms with E-state index in [1.54, 1.807) is 13.3 Å². The van der Waals surface area contributed by atoms with Gasteiger partial charge in [-0.15, -0.1) is 0 Å². The molecule has 1 heterocycles. The standard InChI is InChI=1S/C14H16ClN3O/c1-9-7-13(19-2)10(8-11(9)15)12-4-6-17-14(18-12)3-5-16/h4,6-8H,3,5,16H2,1-2H3. The summed E-state index contributed by atoms with van der Waals surface area (Å²) < 4.78 is 5.39. The zero-order valence-corrected chi connectivity index (χ0v) is 11.7. The highest BCUT2D eigenvalue weighted by Crippen LogP contribution is 2.33. The molecule has 2 aromatic rings. The Morgan fingerprint density at radius 1 is 1.37 bits per heavy atom. The highest BCUT2D eigenvalue weighted by Gasteiger charge is 2.11. The van der Waals surface area contributed by atoms with E-state index in [4.69, 9.17) is 22.1 Å². The average Bonchev–Trinajstić information content (AvgIpc) is 2.42. The van der Waals surface area contributed by atoms with Gasteiger partial charge in [0.25, 0.3) is 0 Å². The molecule has 0 bridgehead atoms. The van der Waals surface area contributed by atoms with Gasteiger partial charge in [0.2, 0.25) is 0 Å². The van der Waals surface area contributed by atoms with Crippen LogP contribution in [0.3, 0.4) is 0 Å². The van der Waals surface area contributed by atoms with Crippen LogP contribution in [-0.4, -0.2) is 23.6 Å². The molecule has 0 unspecified atom stereocenters. The molecule has 0 saturated heterocycles. The second-order valence-corrected chi connectivity index (χ2v) is 4.61. The summed E-state index contributed by atoms with van der Waals surface area (Å²) in [6.07, 6.45) is 2.37. The lowest BCUT2D eigenvalue weighted by atomic mass is 10.1. The Hall–Kier alpha value is -1.65. The van der Waals surface area contributed by atoms with Crippen LogP contribution in [0.5, 0.6) is 5.75 Å². The number of aromatic nitrogens is 2. The lowest BCUT2D eigenvalue weighted by Gasteiger charge is -2.11. The van der Waals surface area contributed by atoms with Crippen molar-refractivity contribution in [3.63, 3.8) is 0 Å². The van der Waals surface area contributed by atoms with E-state index in [9.17, 15) is 0 Å². The van der Waals surface area contributed by atoms with Crippen molar-refractivity contribution in [1.29, 1.82) is 0 Å². The SMILES string of the molecule is COc1cc(C)c(Cl)cc1-c1ccnc(CCN)n1. The number of aryl methyl sites for hydroxylation is 1. The Kier molecular flexibility index (Phi) is 4.35. The Bertz CT molecular complexity index is 587. The fraction of sp³-hybridized carbons (Fsp3) is 0.286. The van der Waals surface area contributed by atoms with Gasteiger partial charge in [0.15, 0.2) is 0 Å². The van der Waals surface area contributed by atoms with Crippen LogP contribution in [0.4, 0.5) is 0 Å². The molecule has 0 atom stereocenters. The van der Waals surface area contributed by atoms with E-state index in [0.29, 0.717) is 18.0 Å². The molecule has 0 amide bonds. The number of halogens is 1. The molecular weight excluding hydrogens is 262 g/mol. The second-order valence-electron chi connectivity index (χ2n) is 4.20. The number of nitrogens with two attached hydrogens (primary N) is 1. The van der Waals surface area contributed by atoms with E-state index in [-0.39, 0.29) is 0 Å². The van der Waals surface area contributed by atoms with Gasteiger partial charge in [-0.2, -0.15) is 0 Å². The summed E-state index contributed by atoms with van der Waals surface area (Å²) in [5.41, 5.74) is 8.14. The second kappa shape index (κ2) is 5.99. The largest absolute Gasteiger partial charge is 0.496 e. The van der Waals surface area contributed by atoms with Gasteiger partial charge in [0.05, 0.1) is 12.8 Å². The highest BCUT2D eigenvalue weighted by atomic mass is 35.5. The third-order valence-electron chi connectivity index (χ3n) is 2.83. The van der Waals surface area contributed by atoms with Crippen molar-refractivity contribution < 1.29 is 4.74 Å². The monoisotopic (exact) mass is 277 g/mol. The van der Waals surface area contributed by atoms with E-state index in [0.717, 1.165) is 28.4 Å². The molecule has 0 radical (unpaired) electrons. The lowest BCUT2D eigenvalue weighted by molar-refractivity contribution is 0.416. The van der Waals surface area contributed by atoms with Crippen molar-refractivity contribution >= 4 is 11.6 Å². The molecule has 19 heavy (non-hydrogen) atoms. The Balaban J connectivity index is 2.51. The van der Waals surface area contributed by atoms with Crippen LogP contribution >= 0.6 is 11.6 Å². The summed E-state index contributed by atoms with van der Waals surface area (Å²) in [6.45, 7) is 2.46. The number of benzene rings is 1. The molecule has 4 nitrogen and oxygen atoms in total. The minimum atomic E-state index is 0.523. The van der Waals surface area contributed by atoms with Crippen LogP contribution in [-0.2, 0) is 6.42 Å². The van der Waals surface area contributed by atoms with Gasteiger partial charge in [-0.3, -0.25) is 0 Å². The molecule has 1 aromatic carbocycles. The van der Waals surface area contributed by atoms with Crippen molar-refractivity contribution in [2.45, 2.75) is 13.3 Å². The maximum absolute atomic E-state index is 6.17. The summed E-state index contributed by atoms with van der Waals surface area (Å²) >= 11 is 6.17. The molecule has 0 aliphatic carbocycles. The third-order valence-corrected chi connectivity index (χ3v) is 3.24. The van der Waals surface area contributed by atoms with Crippen LogP contribution in [0.15, 0.2) is 24.4 Å². The minimum Gasteiger partial charge on any atom is -0.496 e. The first-order valence-electron chi connectivity index (χ1n) is 6.02. The molecule has 5 heteroatoms. The Morgan fingerprint density at radius 3 is 2.84 bits per heavy atom. The number of nitrogens with zero attached hydrogens (tertiary/aromatic N) is 2. The van der Waals surface area contributed by atoms with Crippen LogP contribution in [0.2, 0.25) is 5.02 Å². The van der Waals surface area contributed by atoms with E-state index < -0.39 is 0 Å². The van der Waals surface area contributed by atoms with E-state index >= 15 is 0 Å². The van der Waals surface area contributed by atoms with Gasteiger partial charge < -0.3 is 10.5 Å². The van der Waals surface area contributed by atoms with Crippen molar-refractivity contribution in [2.24, 2.45) is 5.73 Å². The lowest BCUT2D eigenvalue weighted by Crippen LogP contribution is -2.06. The van der Waals surface area contributed by atoms with Crippen molar-refractivity contribution in [3.05, 3.63) is 40.8 Å². The van der Waals surface area contributed by atoms with Crippen LogP contribution in [0.25, 0.3) is 11.3 Å². The Labute approximate surface area is 117 Å². The summed E-state index contributed by atoms with van der Waals surface area (Å²) in [7, 11) is 1.63. The molecule has 0 spiro atoms. The summed E-state index contributed by atoms with van der Waals surface area (Å²) in [4.78, 5) is 8.67. The maximum Gasteiger partial charge on any atom is 0.130 e. The predicted octanol–water partition coefficient (Wildman–Crippen LogP) is 2.62. The highest BCUT2D eigenvalue weighted by molar-refractivity contribution is 6.31.